The molecule has 2 heterocycles. The number of carbonyl (C=O) groups is 1. The first-order chi connectivity index (χ1) is 11.0. The molecule has 2 atom stereocenters. The number of hydrogen-bond donors (Lipinski definition) is 2. The zero-order valence-corrected chi connectivity index (χ0v) is 13.3. The van der Waals surface area contributed by atoms with E-state index in [4.69, 9.17) is 4.74 Å². The summed E-state index contributed by atoms with van der Waals surface area (Å²) >= 11 is 0. The molecule has 0 saturated carbocycles. The largest absolute Gasteiger partial charge is 0.394 e. The lowest BCUT2D eigenvalue weighted by Gasteiger charge is -2.37. The number of aryl methyl sites for hydroxylation is 1. The number of amides is 1. The zero-order valence-electron chi connectivity index (χ0n) is 13.3. The van der Waals surface area contributed by atoms with Gasteiger partial charge in [0.15, 0.2) is 0 Å². The molecule has 6 heteroatoms. The van der Waals surface area contributed by atoms with Crippen molar-refractivity contribution in [3.63, 3.8) is 0 Å². The van der Waals surface area contributed by atoms with Crippen molar-refractivity contribution in [2.75, 3.05) is 19.8 Å². The molecule has 5 nitrogen and oxygen atoms in total. The number of rotatable bonds is 3. The lowest BCUT2D eigenvalue weighted by atomic mass is 10.1. The highest BCUT2D eigenvalue weighted by Crippen LogP contribution is 2.25. The summed E-state index contributed by atoms with van der Waals surface area (Å²) in [5, 5.41) is 9.99. The molecule has 1 fully saturated rings. The van der Waals surface area contributed by atoms with Crippen LogP contribution in [0, 0.1) is 12.7 Å². The third-order valence-corrected chi connectivity index (χ3v) is 4.44. The molecule has 124 valence electrons. The smallest absolute Gasteiger partial charge is 0.227 e. The van der Waals surface area contributed by atoms with E-state index in [2.05, 4.69) is 4.98 Å². The molecule has 2 unspecified atom stereocenters. The Morgan fingerprint density at radius 1 is 1.52 bits per heavy atom. The van der Waals surface area contributed by atoms with Crippen LogP contribution in [0.15, 0.2) is 18.2 Å². The average molecular weight is 320 g/mol. The minimum Gasteiger partial charge on any atom is -0.394 e. The number of fused-ring (bicyclic) bond motifs is 1. The summed E-state index contributed by atoms with van der Waals surface area (Å²) in [6, 6.07) is 4.51. The summed E-state index contributed by atoms with van der Waals surface area (Å²) in [5.41, 5.74) is 2.53. The number of H-pyrrole nitrogens is 1. The molecule has 2 aromatic rings. The van der Waals surface area contributed by atoms with Crippen LogP contribution in [-0.2, 0) is 16.0 Å². The highest BCUT2D eigenvalue weighted by Gasteiger charge is 2.29. The van der Waals surface area contributed by atoms with Crippen molar-refractivity contribution >= 4 is 16.8 Å². The molecule has 1 saturated heterocycles. The molecule has 0 aliphatic carbocycles. The fourth-order valence-corrected chi connectivity index (χ4v) is 3.11. The lowest BCUT2D eigenvalue weighted by Crippen LogP contribution is -2.52. The second-order valence-electron chi connectivity index (χ2n) is 6.13. The number of ether oxygens (including phenoxy) is 1. The topological polar surface area (TPSA) is 65.6 Å². The third-order valence-electron chi connectivity index (χ3n) is 4.44. The summed E-state index contributed by atoms with van der Waals surface area (Å²) in [6.07, 6.45) is -0.130. The third kappa shape index (κ3) is 3.09. The molecule has 1 amide bonds. The zero-order chi connectivity index (χ0) is 16.6. The van der Waals surface area contributed by atoms with Gasteiger partial charge in [-0.1, -0.05) is 0 Å². The molecule has 1 aromatic heterocycles. The Hall–Kier alpha value is -1.92. The van der Waals surface area contributed by atoms with Crippen LogP contribution in [0.2, 0.25) is 0 Å². The molecule has 1 aromatic carbocycles. The fraction of sp³-hybridized carbons (Fsp3) is 0.471. The molecule has 3 rings (SSSR count). The van der Waals surface area contributed by atoms with Gasteiger partial charge in [-0.15, -0.1) is 0 Å². The molecule has 1 aliphatic heterocycles. The Kier molecular flexibility index (Phi) is 4.37. The molecule has 1 aliphatic rings. The second kappa shape index (κ2) is 6.29. The molecule has 2 N–H and O–H groups in total. The summed E-state index contributed by atoms with van der Waals surface area (Å²) in [6.45, 7) is 4.51. The number of halogens is 1. The Labute approximate surface area is 134 Å². The highest BCUT2D eigenvalue weighted by molar-refractivity contribution is 5.90. The molecule has 23 heavy (non-hydrogen) atoms. The van der Waals surface area contributed by atoms with Crippen LogP contribution in [0.25, 0.3) is 10.9 Å². The van der Waals surface area contributed by atoms with Crippen molar-refractivity contribution in [2.45, 2.75) is 32.4 Å². The number of morpholine rings is 1. The molecular formula is C17H21FN2O3. The number of nitrogens with one attached hydrogen (secondary N) is 1. The Morgan fingerprint density at radius 2 is 2.30 bits per heavy atom. The summed E-state index contributed by atoms with van der Waals surface area (Å²) in [5.74, 6) is -0.349. The number of aromatic amines is 1. The first-order valence-corrected chi connectivity index (χ1v) is 7.78. The fourth-order valence-electron chi connectivity index (χ4n) is 3.11. The maximum atomic E-state index is 13.5. The molecular weight excluding hydrogens is 299 g/mol. The van der Waals surface area contributed by atoms with Gasteiger partial charge in [-0.05, 0) is 37.6 Å². The number of aromatic nitrogens is 1. The van der Waals surface area contributed by atoms with Gasteiger partial charge in [0.25, 0.3) is 0 Å². The summed E-state index contributed by atoms with van der Waals surface area (Å²) in [4.78, 5) is 17.6. The minimum absolute atomic E-state index is 0.0347. The predicted molar refractivity (Wildman–Crippen MR) is 84.7 cm³/mol. The highest BCUT2D eigenvalue weighted by atomic mass is 19.1. The van der Waals surface area contributed by atoms with E-state index in [1.165, 1.54) is 12.1 Å². The van der Waals surface area contributed by atoms with Crippen LogP contribution in [0.5, 0.6) is 0 Å². The predicted octanol–water partition coefficient (Wildman–Crippen LogP) is 1.77. The quantitative estimate of drug-likeness (QED) is 0.906. The van der Waals surface area contributed by atoms with E-state index in [-0.39, 0.29) is 36.9 Å². The SMILES string of the molecule is Cc1[nH]c2ccc(F)cc2c1CC(=O)N1CC(CO)OCC1C. The van der Waals surface area contributed by atoms with E-state index in [9.17, 15) is 14.3 Å². The van der Waals surface area contributed by atoms with Crippen molar-refractivity contribution < 1.29 is 19.0 Å². The van der Waals surface area contributed by atoms with E-state index in [1.807, 2.05) is 13.8 Å². The van der Waals surface area contributed by atoms with Gasteiger partial charge in [-0.3, -0.25) is 4.79 Å². The van der Waals surface area contributed by atoms with Gasteiger partial charge >= 0.3 is 0 Å². The van der Waals surface area contributed by atoms with Crippen molar-refractivity contribution in [1.82, 2.24) is 9.88 Å². The summed E-state index contributed by atoms with van der Waals surface area (Å²) in [7, 11) is 0. The first kappa shape index (κ1) is 16.0. The number of carbonyl (C=O) groups excluding carboxylic acids is 1. The van der Waals surface area contributed by atoms with Crippen LogP contribution in [0.4, 0.5) is 4.39 Å². The Bertz CT molecular complexity index is 728. The maximum Gasteiger partial charge on any atom is 0.227 e. The van der Waals surface area contributed by atoms with Gasteiger partial charge < -0.3 is 19.7 Å². The average Bonchev–Trinajstić information content (AvgIpc) is 2.83. The van der Waals surface area contributed by atoms with Crippen molar-refractivity contribution in [2.24, 2.45) is 0 Å². The normalized spacial score (nSPS) is 21.8. The van der Waals surface area contributed by atoms with Gasteiger partial charge in [-0.25, -0.2) is 4.39 Å². The van der Waals surface area contributed by atoms with Crippen molar-refractivity contribution in [1.29, 1.82) is 0 Å². The van der Waals surface area contributed by atoms with Gasteiger partial charge in [0, 0.05) is 23.1 Å². The molecule has 0 bridgehead atoms. The standard InChI is InChI=1S/C17H21FN2O3/c1-10-9-23-13(8-21)7-20(10)17(22)6-14-11(2)19-16-4-3-12(18)5-15(14)16/h3-5,10,13,19,21H,6-9H2,1-2H3. The summed E-state index contributed by atoms with van der Waals surface area (Å²) < 4.78 is 19.0. The Balaban J connectivity index is 1.85. The number of benzene rings is 1. The Morgan fingerprint density at radius 3 is 3.04 bits per heavy atom. The van der Waals surface area contributed by atoms with Gasteiger partial charge in [0.1, 0.15) is 5.82 Å². The monoisotopic (exact) mass is 320 g/mol. The van der Waals surface area contributed by atoms with Crippen LogP contribution < -0.4 is 0 Å². The number of aliphatic hydroxyl groups is 1. The van der Waals surface area contributed by atoms with E-state index in [0.29, 0.717) is 13.2 Å². The second-order valence-corrected chi connectivity index (χ2v) is 6.13. The van der Waals surface area contributed by atoms with Crippen molar-refractivity contribution in [3.8, 4) is 0 Å². The molecule has 0 radical (unpaired) electrons. The van der Waals surface area contributed by atoms with Crippen LogP contribution in [0.3, 0.4) is 0 Å². The lowest BCUT2D eigenvalue weighted by molar-refractivity contribution is -0.145. The molecule has 0 spiro atoms. The minimum atomic E-state index is -0.336. The van der Waals surface area contributed by atoms with E-state index >= 15 is 0 Å². The number of aliphatic hydroxyl groups excluding tert-OH is 1. The van der Waals surface area contributed by atoms with Gasteiger partial charge in [-0.2, -0.15) is 0 Å². The van der Waals surface area contributed by atoms with Crippen LogP contribution in [-0.4, -0.2) is 52.8 Å². The number of nitrogens with zero attached hydrogens (tertiary/aromatic N) is 1. The van der Waals surface area contributed by atoms with Crippen LogP contribution in [0.1, 0.15) is 18.2 Å². The van der Waals surface area contributed by atoms with E-state index < -0.39 is 0 Å². The van der Waals surface area contributed by atoms with E-state index in [0.717, 1.165) is 22.2 Å². The van der Waals surface area contributed by atoms with Crippen molar-refractivity contribution in [3.05, 3.63) is 35.3 Å². The first-order valence-electron chi connectivity index (χ1n) is 7.78. The number of hydrogen-bond acceptors (Lipinski definition) is 3. The van der Waals surface area contributed by atoms with Gasteiger partial charge in [0.05, 0.1) is 31.8 Å². The van der Waals surface area contributed by atoms with E-state index in [1.54, 1.807) is 11.0 Å². The van der Waals surface area contributed by atoms with Crippen LogP contribution >= 0.6 is 0 Å². The van der Waals surface area contributed by atoms with Gasteiger partial charge in [0.2, 0.25) is 5.91 Å². The maximum absolute atomic E-state index is 13.5.